The molecule has 0 bridgehead atoms. The highest BCUT2D eigenvalue weighted by atomic mass is 127. The molecule has 0 fully saturated rings. The zero-order chi connectivity index (χ0) is 17.2. The van der Waals surface area contributed by atoms with Gasteiger partial charge in [0, 0.05) is 25.2 Å². The van der Waals surface area contributed by atoms with Crippen LogP contribution in [-0.2, 0) is 6.54 Å². The Balaban J connectivity index is 0.00000312. The number of aromatic hydroxyl groups is 1. The van der Waals surface area contributed by atoms with E-state index in [0.29, 0.717) is 25.2 Å². The lowest BCUT2D eigenvalue weighted by atomic mass is 10.2. The molecule has 0 aliphatic carbocycles. The zero-order valence-corrected chi connectivity index (χ0v) is 17.1. The summed E-state index contributed by atoms with van der Waals surface area (Å²) in [6.07, 6.45) is 0. The van der Waals surface area contributed by atoms with E-state index in [1.807, 2.05) is 12.3 Å². The molecule has 8 heteroatoms. The van der Waals surface area contributed by atoms with E-state index in [-0.39, 0.29) is 35.6 Å². The zero-order valence-electron chi connectivity index (χ0n) is 14.0. The van der Waals surface area contributed by atoms with Crippen LogP contribution in [0.1, 0.15) is 22.8 Å². The standard InChI is InChI=1S/C17H22N4O2S.HI/c1-2-18-17(21-11-13-7-10-24-12-13)20-9-8-19-16(23)14-3-5-15(22)6-4-14;/h3-7,10,12,22H,2,8-9,11H2,1H3,(H,19,23)(H2,18,20,21);1H. The third kappa shape index (κ3) is 7.74. The molecule has 0 aliphatic rings. The maximum absolute atomic E-state index is 11.9. The molecular formula is C17H23IN4O2S. The number of amides is 1. The molecule has 0 spiro atoms. The lowest BCUT2D eigenvalue weighted by Gasteiger charge is -2.11. The molecular weight excluding hydrogens is 451 g/mol. The van der Waals surface area contributed by atoms with Gasteiger partial charge >= 0.3 is 0 Å². The van der Waals surface area contributed by atoms with Crippen LogP contribution >= 0.6 is 35.3 Å². The first kappa shape index (κ1) is 21.2. The number of aliphatic imine (C=N–C) groups is 1. The van der Waals surface area contributed by atoms with Crippen molar-refractivity contribution in [1.29, 1.82) is 0 Å². The van der Waals surface area contributed by atoms with Crippen LogP contribution in [0.2, 0.25) is 0 Å². The number of halogens is 1. The Morgan fingerprint density at radius 3 is 2.48 bits per heavy atom. The fourth-order valence-corrected chi connectivity index (χ4v) is 2.63. The maximum atomic E-state index is 11.9. The van der Waals surface area contributed by atoms with Crippen molar-refractivity contribution >= 4 is 47.2 Å². The maximum Gasteiger partial charge on any atom is 0.251 e. The summed E-state index contributed by atoms with van der Waals surface area (Å²) in [7, 11) is 0. The molecule has 2 rings (SSSR count). The van der Waals surface area contributed by atoms with Gasteiger partial charge in [0.2, 0.25) is 0 Å². The second kappa shape index (κ2) is 11.7. The third-order valence-electron chi connectivity index (χ3n) is 3.18. The van der Waals surface area contributed by atoms with Gasteiger partial charge in [-0.3, -0.25) is 4.79 Å². The Morgan fingerprint density at radius 1 is 1.12 bits per heavy atom. The van der Waals surface area contributed by atoms with Crippen molar-refractivity contribution in [3.63, 3.8) is 0 Å². The van der Waals surface area contributed by atoms with Crippen LogP contribution in [0.15, 0.2) is 46.1 Å². The topological polar surface area (TPSA) is 85.8 Å². The van der Waals surface area contributed by atoms with Gasteiger partial charge in [0.1, 0.15) is 5.75 Å². The van der Waals surface area contributed by atoms with E-state index in [1.165, 1.54) is 17.7 Å². The number of rotatable bonds is 7. The second-order valence-electron chi connectivity index (χ2n) is 5.06. The van der Waals surface area contributed by atoms with Gasteiger partial charge in [-0.1, -0.05) is 0 Å². The van der Waals surface area contributed by atoms with Crippen LogP contribution in [0, 0.1) is 0 Å². The number of nitrogens with one attached hydrogen (secondary N) is 3. The van der Waals surface area contributed by atoms with Gasteiger partial charge in [-0.15, -0.1) is 24.0 Å². The van der Waals surface area contributed by atoms with E-state index in [9.17, 15) is 9.90 Å². The highest BCUT2D eigenvalue weighted by Crippen LogP contribution is 2.09. The van der Waals surface area contributed by atoms with Gasteiger partial charge < -0.3 is 21.1 Å². The molecule has 25 heavy (non-hydrogen) atoms. The van der Waals surface area contributed by atoms with Crippen molar-refractivity contribution in [2.24, 2.45) is 4.99 Å². The molecule has 0 atom stereocenters. The summed E-state index contributed by atoms with van der Waals surface area (Å²) in [5.74, 6) is 0.699. The SMILES string of the molecule is CCNC(=NCc1ccsc1)NCCNC(=O)c1ccc(O)cc1.I. The second-order valence-corrected chi connectivity index (χ2v) is 5.84. The Morgan fingerprint density at radius 2 is 1.84 bits per heavy atom. The average molecular weight is 474 g/mol. The van der Waals surface area contributed by atoms with E-state index in [1.54, 1.807) is 23.5 Å². The molecule has 0 saturated carbocycles. The number of guanidine groups is 1. The highest BCUT2D eigenvalue weighted by Gasteiger charge is 2.04. The number of carbonyl (C=O) groups excluding carboxylic acids is 1. The predicted octanol–water partition coefficient (Wildman–Crippen LogP) is 2.56. The van der Waals surface area contributed by atoms with E-state index < -0.39 is 0 Å². The summed E-state index contributed by atoms with van der Waals surface area (Å²) in [4.78, 5) is 16.4. The third-order valence-corrected chi connectivity index (χ3v) is 3.91. The largest absolute Gasteiger partial charge is 0.508 e. The first-order valence-electron chi connectivity index (χ1n) is 7.79. The fraction of sp³-hybridized carbons (Fsp3) is 0.294. The smallest absolute Gasteiger partial charge is 0.251 e. The van der Waals surface area contributed by atoms with Crippen LogP contribution in [0.3, 0.4) is 0 Å². The number of hydrogen-bond acceptors (Lipinski definition) is 4. The van der Waals surface area contributed by atoms with Gasteiger partial charge in [0.05, 0.1) is 6.54 Å². The van der Waals surface area contributed by atoms with Crippen molar-refractivity contribution in [2.75, 3.05) is 19.6 Å². The molecule has 136 valence electrons. The number of nitrogens with zero attached hydrogens (tertiary/aromatic N) is 1. The van der Waals surface area contributed by atoms with E-state index >= 15 is 0 Å². The van der Waals surface area contributed by atoms with Crippen molar-refractivity contribution in [1.82, 2.24) is 16.0 Å². The number of phenols is 1. The van der Waals surface area contributed by atoms with Crippen molar-refractivity contribution in [3.05, 3.63) is 52.2 Å². The van der Waals surface area contributed by atoms with Crippen LogP contribution in [0.4, 0.5) is 0 Å². The lowest BCUT2D eigenvalue weighted by molar-refractivity contribution is 0.0954. The van der Waals surface area contributed by atoms with Crippen LogP contribution in [-0.4, -0.2) is 36.6 Å². The van der Waals surface area contributed by atoms with Crippen molar-refractivity contribution in [3.8, 4) is 5.75 Å². The van der Waals surface area contributed by atoms with Gasteiger partial charge in [0.25, 0.3) is 5.91 Å². The van der Waals surface area contributed by atoms with Gasteiger partial charge in [-0.2, -0.15) is 11.3 Å². The Bertz CT molecular complexity index is 660. The quantitative estimate of drug-likeness (QED) is 0.215. The molecule has 0 aliphatic heterocycles. The molecule has 6 nitrogen and oxygen atoms in total. The lowest BCUT2D eigenvalue weighted by Crippen LogP contribution is -2.41. The van der Waals surface area contributed by atoms with Crippen LogP contribution < -0.4 is 16.0 Å². The minimum absolute atomic E-state index is 0. The summed E-state index contributed by atoms with van der Waals surface area (Å²) >= 11 is 1.65. The summed E-state index contributed by atoms with van der Waals surface area (Å²) in [6, 6.07) is 8.21. The minimum atomic E-state index is -0.169. The summed E-state index contributed by atoms with van der Waals surface area (Å²) in [5.41, 5.74) is 1.70. The minimum Gasteiger partial charge on any atom is -0.508 e. The van der Waals surface area contributed by atoms with Crippen LogP contribution in [0.25, 0.3) is 0 Å². The van der Waals surface area contributed by atoms with Gasteiger partial charge in [0.15, 0.2) is 5.96 Å². The Hall–Kier alpha value is -1.81. The Labute approximate surface area is 168 Å². The number of benzene rings is 1. The van der Waals surface area contributed by atoms with Gasteiger partial charge in [-0.25, -0.2) is 4.99 Å². The normalized spacial score (nSPS) is 10.7. The first-order valence-corrected chi connectivity index (χ1v) is 8.74. The van der Waals surface area contributed by atoms with E-state index in [0.717, 1.165) is 12.5 Å². The fourth-order valence-electron chi connectivity index (χ4n) is 1.97. The molecule has 0 saturated heterocycles. The van der Waals surface area contributed by atoms with Crippen molar-refractivity contribution in [2.45, 2.75) is 13.5 Å². The number of carbonyl (C=O) groups is 1. The molecule has 1 aromatic heterocycles. The predicted molar refractivity (Wildman–Crippen MR) is 113 cm³/mol. The molecule has 0 unspecified atom stereocenters. The number of thiophene rings is 1. The van der Waals surface area contributed by atoms with Gasteiger partial charge in [-0.05, 0) is 53.6 Å². The molecule has 1 amide bonds. The highest BCUT2D eigenvalue weighted by molar-refractivity contribution is 14.0. The summed E-state index contributed by atoms with van der Waals surface area (Å²) < 4.78 is 0. The van der Waals surface area contributed by atoms with Crippen LogP contribution in [0.5, 0.6) is 5.75 Å². The monoisotopic (exact) mass is 474 g/mol. The van der Waals surface area contributed by atoms with Crippen molar-refractivity contribution < 1.29 is 9.90 Å². The molecule has 1 heterocycles. The molecule has 1 aromatic carbocycles. The summed E-state index contributed by atoms with van der Waals surface area (Å²) in [5, 5.41) is 22.5. The molecule has 4 N–H and O–H groups in total. The summed E-state index contributed by atoms with van der Waals surface area (Å²) in [6.45, 7) is 4.45. The first-order chi connectivity index (χ1) is 11.7. The van der Waals surface area contributed by atoms with E-state index in [4.69, 9.17) is 0 Å². The average Bonchev–Trinajstić information content (AvgIpc) is 3.10. The number of phenolic OH excluding ortho intramolecular Hbond substituents is 1. The van der Waals surface area contributed by atoms with E-state index in [2.05, 4.69) is 32.4 Å². The Kier molecular flexibility index (Phi) is 9.93. The molecule has 0 radical (unpaired) electrons. The molecule has 2 aromatic rings. The number of hydrogen-bond donors (Lipinski definition) is 4.